The second-order valence-corrected chi connectivity index (χ2v) is 16.4. The van der Waals surface area contributed by atoms with Crippen LogP contribution in [0.5, 0.6) is 11.8 Å². The Balaban J connectivity index is 1.38. The van der Waals surface area contributed by atoms with Gasteiger partial charge in [0.05, 0.1) is 24.6 Å². The molecule has 3 fully saturated rings. The lowest BCUT2D eigenvalue weighted by atomic mass is 9.85. The van der Waals surface area contributed by atoms with Gasteiger partial charge in [-0.1, -0.05) is 33.6 Å². The number of rotatable bonds is 3. The average molecular weight is 743 g/mol. The third-order valence-electron chi connectivity index (χ3n) is 10.3. The first-order valence-corrected chi connectivity index (χ1v) is 18.4. The van der Waals surface area contributed by atoms with Crippen molar-refractivity contribution in [2.75, 3.05) is 13.7 Å². The number of nitrogens with zero attached hydrogens (tertiary/aromatic N) is 3. The summed E-state index contributed by atoms with van der Waals surface area (Å²) >= 11 is 0. The molecule has 1 unspecified atom stereocenters. The number of nitrogens with one attached hydrogen (secondary N) is 1. The number of esters is 1. The molecule has 3 heterocycles. The van der Waals surface area contributed by atoms with Crippen molar-refractivity contribution < 1.29 is 54.4 Å². The number of fused-ring (bicyclic) bond motifs is 7. The fourth-order valence-corrected chi connectivity index (χ4v) is 8.06. The van der Waals surface area contributed by atoms with E-state index >= 15 is 0 Å². The van der Waals surface area contributed by atoms with Gasteiger partial charge in [-0.2, -0.15) is 26.6 Å². The number of alkyl carbamates (subject to hydrolysis) is 1. The molecule has 7 atom stereocenters. The minimum Gasteiger partial charge on any atom is -0.467 e. The highest BCUT2D eigenvalue weighted by Crippen LogP contribution is 2.57. The Labute approximate surface area is 292 Å². The predicted molar refractivity (Wildman–Crippen MR) is 173 cm³/mol. The molecule has 18 heteroatoms. The van der Waals surface area contributed by atoms with Crippen LogP contribution in [0, 0.1) is 23.2 Å². The molecule has 6 rings (SSSR count). The average Bonchev–Trinajstić information content (AvgIpc) is 3.53. The van der Waals surface area contributed by atoms with Crippen LogP contribution >= 0.6 is 0 Å². The van der Waals surface area contributed by atoms with Crippen LogP contribution in [0.1, 0.15) is 65.7 Å². The standard InChI is InChI=1S/C33H41F3N4O10S/c1-32(2,3)26-28(42)40-16-19(15-24(40)29(43)47-4)48-30-37-23-14-18(50-51(45,46)33(34,35)36)9-10-21(23)27(41)39(30)11-7-5-6-8-20-22-12-17(22)13-25(20)49-31(44)38-26/h9-10,14,17,19-20,22,24-26H,5-8,11-13,15-16H2,1-4H3,(H,38,44)/t17?,19-,20-,22+,24+,25-,26-/m1/s1. The van der Waals surface area contributed by atoms with Gasteiger partial charge in [-0.15, -0.1) is 0 Å². The molecule has 14 nitrogen and oxygen atoms in total. The molecule has 1 aromatic carbocycles. The monoisotopic (exact) mass is 742 g/mol. The number of aromatic nitrogens is 2. The Hall–Kier alpha value is -4.09. The van der Waals surface area contributed by atoms with E-state index in [9.17, 15) is 40.8 Å². The normalized spacial score (nSPS) is 29.0. The van der Waals surface area contributed by atoms with Gasteiger partial charge in [-0.25, -0.2) is 9.59 Å². The zero-order chi connectivity index (χ0) is 37.0. The topological polar surface area (TPSA) is 172 Å². The summed E-state index contributed by atoms with van der Waals surface area (Å²) in [5.41, 5.74) is -7.28. The van der Waals surface area contributed by atoms with Crippen LogP contribution in [0.3, 0.4) is 0 Å². The summed E-state index contributed by atoms with van der Waals surface area (Å²) in [5, 5.41) is 2.74. The number of hydrogen-bond donors (Lipinski definition) is 1. The molecule has 2 saturated carbocycles. The Morgan fingerprint density at radius 1 is 1.02 bits per heavy atom. The van der Waals surface area contributed by atoms with Crippen LogP contribution in [-0.4, -0.2) is 84.3 Å². The Morgan fingerprint density at radius 3 is 2.45 bits per heavy atom. The smallest absolute Gasteiger partial charge is 0.467 e. The molecule has 51 heavy (non-hydrogen) atoms. The highest BCUT2D eigenvalue weighted by Gasteiger charge is 2.55. The summed E-state index contributed by atoms with van der Waals surface area (Å²) in [7, 11) is -4.83. The van der Waals surface area contributed by atoms with Gasteiger partial charge in [0.1, 0.15) is 30.0 Å². The first-order chi connectivity index (χ1) is 23.9. The van der Waals surface area contributed by atoms with Crippen molar-refractivity contribution in [1.29, 1.82) is 0 Å². The van der Waals surface area contributed by atoms with Gasteiger partial charge >= 0.3 is 27.7 Å². The molecule has 2 aliphatic carbocycles. The van der Waals surface area contributed by atoms with Crippen LogP contribution < -0.4 is 19.8 Å². The van der Waals surface area contributed by atoms with Crippen molar-refractivity contribution in [2.45, 2.75) is 102 Å². The molecule has 280 valence electrons. The molecule has 1 N–H and O–H groups in total. The summed E-state index contributed by atoms with van der Waals surface area (Å²) in [6.45, 7) is 5.28. The maximum absolute atomic E-state index is 14.2. The highest BCUT2D eigenvalue weighted by molar-refractivity contribution is 7.88. The maximum atomic E-state index is 14.2. The van der Waals surface area contributed by atoms with Gasteiger partial charge in [0, 0.05) is 19.0 Å². The molecule has 2 amide bonds. The fraction of sp³-hybridized carbons (Fsp3) is 0.667. The van der Waals surface area contributed by atoms with Gasteiger partial charge in [-0.3, -0.25) is 14.2 Å². The van der Waals surface area contributed by atoms with Gasteiger partial charge in [0.2, 0.25) is 5.91 Å². The largest absolute Gasteiger partial charge is 0.534 e. The third kappa shape index (κ3) is 7.46. The molecule has 1 saturated heterocycles. The Morgan fingerprint density at radius 2 is 1.76 bits per heavy atom. The second-order valence-electron chi connectivity index (χ2n) is 14.8. The number of carbonyl (C=O) groups is 3. The van der Waals surface area contributed by atoms with Crippen molar-refractivity contribution in [3.8, 4) is 11.8 Å². The van der Waals surface area contributed by atoms with Crippen molar-refractivity contribution in [2.24, 2.45) is 23.2 Å². The van der Waals surface area contributed by atoms with E-state index in [2.05, 4.69) is 14.5 Å². The van der Waals surface area contributed by atoms with Gasteiger partial charge in [0.15, 0.2) is 0 Å². The third-order valence-corrected chi connectivity index (χ3v) is 11.2. The van der Waals surface area contributed by atoms with Crippen LogP contribution in [0.4, 0.5) is 18.0 Å². The summed E-state index contributed by atoms with van der Waals surface area (Å²) in [4.78, 5) is 59.9. The van der Waals surface area contributed by atoms with E-state index in [0.29, 0.717) is 24.7 Å². The van der Waals surface area contributed by atoms with Crippen molar-refractivity contribution in [1.82, 2.24) is 19.8 Å². The van der Waals surface area contributed by atoms with Crippen LogP contribution in [0.2, 0.25) is 0 Å². The number of benzene rings is 1. The number of carbonyl (C=O) groups excluding carboxylic acids is 3. The summed E-state index contributed by atoms with van der Waals surface area (Å²) < 4.78 is 85.1. The number of methoxy groups -OCH3 is 1. The molecule has 2 bridgehead atoms. The number of amides is 2. The highest BCUT2D eigenvalue weighted by atomic mass is 32.2. The van der Waals surface area contributed by atoms with E-state index in [4.69, 9.17) is 14.2 Å². The van der Waals surface area contributed by atoms with Crippen LogP contribution in [-0.2, 0) is 35.7 Å². The minimum atomic E-state index is -6.00. The minimum absolute atomic E-state index is 0.0219. The number of hydrogen-bond acceptors (Lipinski definition) is 11. The zero-order valence-electron chi connectivity index (χ0n) is 28.6. The first kappa shape index (κ1) is 36.7. The molecular formula is C33H41F3N4O10S. The number of ether oxygens (including phenoxy) is 3. The second kappa shape index (κ2) is 13.5. The predicted octanol–water partition coefficient (Wildman–Crippen LogP) is 3.89. The lowest BCUT2D eigenvalue weighted by Crippen LogP contribution is -2.57. The fourth-order valence-electron chi connectivity index (χ4n) is 7.61. The lowest BCUT2D eigenvalue weighted by molar-refractivity contribution is -0.152. The number of alkyl halides is 3. The maximum Gasteiger partial charge on any atom is 0.534 e. The van der Waals surface area contributed by atoms with Crippen molar-refractivity contribution in [3.05, 3.63) is 28.6 Å². The van der Waals surface area contributed by atoms with Crippen molar-refractivity contribution in [3.63, 3.8) is 0 Å². The molecule has 2 aromatic rings. The van der Waals surface area contributed by atoms with Crippen molar-refractivity contribution >= 4 is 39.0 Å². The summed E-state index contributed by atoms with van der Waals surface area (Å²) in [6, 6.07) is 0.476. The van der Waals surface area contributed by atoms with E-state index in [-0.39, 0.29) is 48.4 Å². The van der Waals surface area contributed by atoms with E-state index in [1.165, 1.54) is 16.6 Å². The quantitative estimate of drug-likeness (QED) is 0.275. The van der Waals surface area contributed by atoms with Gasteiger partial charge in [0.25, 0.3) is 11.6 Å². The molecule has 4 aliphatic rings. The first-order valence-electron chi connectivity index (χ1n) is 17.0. The number of halogens is 3. The van der Waals surface area contributed by atoms with E-state index in [1.807, 2.05) is 0 Å². The van der Waals surface area contributed by atoms with Crippen LogP contribution in [0.15, 0.2) is 23.0 Å². The van der Waals surface area contributed by atoms with E-state index in [0.717, 1.165) is 43.9 Å². The summed E-state index contributed by atoms with van der Waals surface area (Å²) in [5.74, 6) is -0.922. The molecule has 1 aromatic heterocycles. The lowest BCUT2D eigenvalue weighted by Gasteiger charge is -2.35. The zero-order valence-corrected chi connectivity index (χ0v) is 29.4. The molecule has 2 aliphatic heterocycles. The summed E-state index contributed by atoms with van der Waals surface area (Å²) in [6.07, 6.45) is 2.65. The SMILES string of the molecule is COC(=O)[C@@H]1C[C@@H]2CN1C(=O)[C@H](C(C)(C)C)NC(=O)O[C@@H]1CC3C[C@@H]3[C@H]1CCCCCn1c(nc3cc(OS(=O)(=O)C(F)(F)F)ccc3c1=O)O2. The molecular weight excluding hydrogens is 701 g/mol. The van der Waals surface area contributed by atoms with Gasteiger partial charge in [-0.05, 0) is 61.0 Å². The Bertz CT molecular complexity index is 1880. The Kier molecular flexibility index (Phi) is 9.69. The van der Waals surface area contributed by atoms with Gasteiger partial charge < -0.3 is 28.6 Å². The van der Waals surface area contributed by atoms with Crippen LogP contribution in [0.25, 0.3) is 10.9 Å². The van der Waals surface area contributed by atoms with E-state index in [1.54, 1.807) is 20.8 Å². The molecule has 0 spiro atoms. The molecule has 0 radical (unpaired) electrons. The van der Waals surface area contributed by atoms with E-state index < -0.39 is 68.5 Å².